The molecule has 2 rings (SSSR count). The molecule has 30 heavy (non-hydrogen) atoms. The molecular formula is C17H17ClF3N3O6. The van der Waals surface area contributed by atoms with Gasteiger partial charge in [-0.15, -0.1) is 5.10 Å². The topological polar surface area (TPSA) is 117 Å². The first kappa shape index (κ1) is 23.3. The van der Waals surface area contributed by atoms with Gasteiger partial charge in [0.25, 0.3) is 5.88 Å². The summed E-state index contributed by atoms with van der Waals surface area (Å²) in [6, 6.07) is 3.06. The van der Waals surface area contributed by atoms with Crippen LogP contribution < -0.4 is 9.47 Å². The van der Waals surface area contributed by atoms with Gasteiger partial charge in [0, 0.05) is 19.2 Å². The summed E-state index contributed by atoms with van der Waals surface area (Å²) >= 11 is 5.73. The lowest BCUT2D eigenvalue weighted by Crippen LogP contribution is -2.41. The van der Waals surface area contributed by atoms with Crippen molar-refractivity contribution in [2.45, 2.75) is 38.5 Å². The molecule has 0 saturated heterocycles. The maximum absolute atomic E-state index is 13.1. The number of nitro groups is 1. The lowest BCUT2D eigenvalue weighted by Gasteiger charge is -2.25. The van der Waals surface area contributed by atoms with Crippen LogP contribution in [0, 0.1) is 10.1 Å². The van der Waals surface area contributed by atoms with Gasteiger partial charge in [-0.1, -0.05) is 24.9 Å². The van der Waals surface area contributed by atoms with Gasteiger partial charge in [0.2, 0.25) is 11.4 Å². The lowest BCUT2D eigenvalue weighted by molar-refractivity contribution is -0.386. The molecule has 1 unspecified atom stereocenters. The molecule has 0 saturated carbocycles. The van der Waals surface area contributed by atoms with Crippen molar-refractivity contribution in [3.05, 3.63) is 39.0 Å². The van der Waals surface area contributed by atoms with E-state index in [4.69, 9.17) is 21.1 Å². The third-order valence-electron chi connectivity index (χ3n) is 4.09. The highest BCUT2D eigenvalue weighted by Gasteiger charge is 2.40. The second-order valence-electron chi connectivity index (χ2n) is 6.47. The predicted molar refractivity (Wildman–Crippen MR) is 98.0 cm³/mol. The van der Waals surface area contributed by atoms with Crippen LogP contribution in [0.4, 0.5) is 18.9 Å². The van der Waals surface area contributed by atoms with Gasteiger partial charge < -0.3 is 14.6 Å². The zero-order valence-electron chi connectivity index (χ0n) is 16.0. The number of carbonyl (C=O) groups is 1. The molecule has 0 radical (unpaired) electrons. The van der Waals surface area contributed by atoms with E-state index in [-0.39, 0.29) is 12.2 Å². The number of alkyl halides is 3. The van der Waals surface area contributed by atoms with Crippen molar-refractivity contribution in [2.75, 3.05) is 0 Å². The van der Waals surface area contributed by atoms with Crippen LogP contribution in [0.15, 0.2) is 18.2 Å². The third kappa shape index (κ3) is 4.75. The van der Waals surface area contributed by atoms with E-state index in [1.54, 1.807) is 6.92 Å². The maximum atomic E-state index is 13.1. The number of rotatable bonds is 8. The molecule has 13 heteroatoms. The molecule has 0 fully saturated rings. The van der Waals surface area contributed by atoms with Crippen LogP contribution in [0.5, 0.6) is 17.4 Å². The fraction of sp³-hybridized carbons (Fsp3) is 0.412. The van der Waals surface area contributed by atoms with E-state index in [1.807, 2.05) is 0 Å². The lowest BCUT2D eigenvalue weighted by atomic mass is 10.0. The number of carboxylic acids is 1. The van der Waals surface area contributed by atoms with E-state index in [0.717, 1.165) is 25.2 Å². The van der Waals surface area contributed by atoms with E-state index >= 15 is 0 Å². The van der Waals surface area contributed by atoms with E-state index < -0.39 is 50.7 Å². The third-order valence-corrected chi connectivity index (χ3v) is 4.43. The minimum Gasteiger partial charge on any atom is -0.478 e. The number of aromatic nitrogens is 2. The Kier molecular flexibility index (Phi) is 6.50. The SMILES string of the molecule is CCCC(C)(Oc1cc(Oc2nn(C)c(C(F)(F)F)c2Cl)ccc1[N+](=O)[O-])C(=O)O. The van der Waals surface area contributed by atoms with Gasteiger partial charge in [-0.3, -0.25) is 14.8 Å². The van der Waals surface area contributed by atoms with E-state index in [1.165, 1.54) is 6.92 Å². The number of aliphatic carboxylic acids is 1. The van der Waals surface area contributed by atoms with Crippen LogP contribution in [0.2, 0.25) is 5.02 Å². The molecule has 0 bridgehead atoms. The number of nitro benzene ring substituents is 1. The van der Waals surface area contributed by atoms with Crippen molar-refractivity contribution in [1.29, 1.82) is 0 Å². The molecule has 1 atom stereocenters. The van der Waals surface area contributed by atoms with Crippen molar-refractivity contribution in [1.82, 2.24) is 9.78 Å². The Hall–Kier alpha value is -3.02. The number of hydrogen-bond acceptors (Lipinski definition) is 6. The van der Waals surface area contributed by atoms with Crippen molar-refractivity contribution >= 4 is 23.3 Å². The second kappa shape index (κ2) is 8.38. The normalized spacial score (nSPS) is 13.6. The molecule has 1 heterocycles. The van der Waals surface area contributed by atoms with E-state index in [0.29, 0.717) is 11.1 Å². The van der Waals surface area contributed by atoms with E-state index in [2.05, 4.69) is 5.10 Å². The molecule has 2 aromatic rings. The maximum Gasteiger partial charge on any atom is 0.434 e. The first-order chi connectivity index (χ1) is 13.8. The van der Waals surface area contributed by atoms with Gasteiger partial charge in [0.15, 0.2) is 5.69 Å². The van der Waals surface area contributed by atoms with Crippen LogP contribution >= 0.6 is 11.6 Å². The minimum atomic E-state index is -4.78. The Morgan fingerprint density at radius 2 is 2.03 bits per heavy atom. The van der Waals surface area contributed by atoms with Crippen molar-refractivity contribution < 1.29 is 37.5 Å². The van der Waals surface area contributed by atoms with Gasteiger partial charge in [0.1, 0.15) is 10.8 Å². The monoisotopic (exact) mass is 451 g/mol. The number of hydrogen-bond donors (Lipinski definition) is 1. The Morgan fingerprint density at radius 3 is 2.50 bits per heavy atom. The largest absolute Gasteiger partial charge is 0.478 e. The van der Waals surface area contributed by atoms with Crippen LogP contribution in [-0.4, -0.2) is 31.4 Å². The molecule has 0 aliphatic carbocycles. The highest BCUT2D eigenvalue weighted by atomic mass is 35.5. The highest BCUT2D eigenvalue weighted by molar-refractivity contribution is 6.32. The summed E-state index contributed by atoms with van der Waals surface area (Å²) in [6.07, 6.45) is -4.32. The molecule has 1 aromatic heterocycles. The molecular weight excluding hydrogens is 435 g/mol. The van der Waals surface area contributed by atoms with Gasteiger partial charge in [-0.25, -0.2) is 4.79 Å². The highest BCUT2D eigenvalue weighted by Crippen LogP contribution is 2.42. The van der Waals surface area contributed by atoms with Gasteiger partial charge in [0.05, 0.1) is 4.92 Å². The Labute approximate surface area is 173 Å². The first-order valence-electron chi connectivity index (χ1n) is 8.48. The van der Waals surface area contributed by atoms with Crippen LogP contribution in [0.25, 0.3) is 0 Å². The first-order valence-corrected chi connectivity index (χ1v) is 8.86. The van der Waals surface area contributed by atoms with Gasteiger partial charge >= 0.3 is 17.8 Å². The summed E-state index contributed by atoms with van der Waals surface area (Å²) in [7, 11) is 1.02. The number of aryl methyl sites for hydroxylation is 1. The number of nitrogens with zero attached hydrogens (tertiary/aromatic N) is 3. The van der Waals surface area contributed by atoms with Crippen molar-refractivity contribution in [3.8, 4) is 17.4 Å². The average molecular weight is 452 g/mol. The van der Waals surface area contributed by atoms with Gasteiger partial charge in [-0.2, -0.15) is 13.2 Å². The Morgan fingerprint density at radius 1 is 1.40 bits per heavy atom. The molecule has 9 nitrogen and oxygen atoms in total. The summed E-state index contributed by atoms with van der Waals surface area (Å²) in [5.41, 5.74) is -3.56. The molecule has 164 valence electrons. The molecule has 0 amide bonds. The fourth-order valence-corrected chi connectivity index (χ4v) is 2.98. The van der Waals surface area contributed by atoms with Crippen LogP contribution in [0.3, 0.4) is 0 Å². The number of benzene rings is 1. The van der Waals surface area contributed by atoms with Crippen molar-refractivity contribution in [2.24, 2.45) is 7.05 Å². The van der Waals surface area contributed by atoms with Gasteiger partial charge in [-0.05, 0) is 19.4 Å². The smallest absolute Gasteiger partial charge is 0.434 e. The summed E-state index contributed by atoms with van der Waals surface area (Å²) in [6.45, 7) is 2.96. The quantitative estimate of drug-likeness (QED) is 0.452. The van der Waals surface area contributed by atoms with Crippen LogP contribution in [0.1, 0.15) is 32.4 Å². The number of ether oxygens (including phenoxy) is 2. The predicted octanol–water partition coefficient (Wildman–Crippen LogP) is 4.82. The molecule has 0 spiro atoms. The molecule has 1 N–H and O–H groups in total. The van der Waals surface area contributed by atoms with Crippen LogP contribution in [-0.2, 0) is 18.0 Å². The number of halogens is 4. The average Bonchev–Trinajstić information content (AvgIpc) is 2.88. The molecule has 1 aromatic carbocycles. The number of carboxylic acid groups (broad SMARTS) is 1. The molecule has 0 aliphatic heterocycles. The van der Waals surface area contributed by atoms with Crippen molar-refractivity contribution in [3.63, 3.8) is 0 Å². The minimum absolute atomic E-state index is 0.0472. The Bertz CT molecular complexity index is 978. The summed E-state index contributed by atoms with van der Waals surface area (Å²) in [5, 5.41) is 23.5. The summed E-state index contributed by atoms with van der Waals surface area (Å²) < 4.78 is 50.3. The molecule has 0 aliphatic rings. The van der Waals surface area contributed by atoms with E-state index in [9.17, 15) is 33.2 Å². The Balaban J connectivity index is 2.47. The summed E-state index contributed by atoms with van der Waals surface area (Å²) in [5.74, 6) is -2.54. The zero-order valence-corrected chi connectivity index (χ0v) is 16.7. The second-order valence-corrected chi connectivity index (χ2v) is 6.84. The fourth-order valence-electron chi connectivity index (χ4n) is 2.67. The summed E-state index contributed by atoms with van der Waals surface area (Å²) in [4.78, 5) is 22.1. The zero-order chi connectivity index (χ0) is 22.9. The standard InChI is InChI=1S/C17H17ClF3N3O6/c1-4-7-16(2,15(25)26)30-11-8-9(5-6-10(11)24(27)28)29-14-12(18)13(17(19,20)21)23(3)22-14/h5-6,8H,4,7H2,1-3H3,(H,25,26).